The molecule has 1 atom stereocenters. The van der Waals surface area contributed by atoms with Crippen molar-refractivity contribution in [2.24, 2.45) is 0 Å². The van der Waals surface area contributed by atoms with E-state index in [1.807, 2.05) is 67.6 Å². The van der Waals surface area contributed by atoms with Gasteiger partial charge in [0.15, 0.2) is 5.69 Å². The number of nitrogens with one attached hydrogen (secondary N) is 1. The van der Waals surface area contributed by atoms with E-state index < -0.39 is 5.91 Å². The van der Waals surface area contributed by atoms with Crippen LogP contribution in [0.1, 0.15) is 34.6 Å². The van der Waals surface area contributed by atoms with Gasteiger partial charge in [0.05, 0.1) is 5.69 Å². The van der Waals surface area contributed by atoms with E-state index in [0.717, 1.165) is 11.3 Å². The number of benzene rings is 2. The van der Waals surface area contributed by atoms with Crippen LogP contribution in [0.15, 0.2) is 71.5 Å². The van der Waals surface area contributed by atoms with Gasteiger partial charge in [-0.1, -0.05) is 55.5 Å². The Balaban J connectivity index is 1.80. The molecule has 0 bridgehead atoms. The maximum absolute atomic E-state index is 12.5. The first kappa shape index (κ1) is 17.6. The normalized spacial score (nSPS) is 11.8. The highest BCUT2D eigenvalue weighted by Crippen LogP contribution is 2.13. The van der Waals surface area contributed by atoms with Crippen LogP contribution < -0.4 is 10.7 Å². The Morgan fingerprint density at radius 1 is 1.08 bits per heavy atom. The number of aromatic nitrogens is 2. The van der Waals surface area contributed by atoms with Crippen LogP contribution in [0.25, 0.3) is 5.69 Å². The molecule has 1 N–H and O–H groups in total. The summed E-state index contributed by atoms with van der Waals surface area (Å²) in [5.74, 6) is -0.315. The Morgan fingerprint density at radius 3 is 2.35 bits per heavy atom. The summed E-state index contributed by atoms with van der Waals surface area (Å²) in [6, 6.07) is 20.8. The van der Waals surface area contributed by atoms with Crippen LogP contribution in [0.3, 0.4) is 0 Å². The predicted octanol–water partition coefficient (Wildman–Crippen LogP) is 3.07. The fourth-order valence-electron chi connectivity index (χ4n) is 2.76. The van der Waals surface area contributed by atoms with Gasteiger partial charge in [0.2, 0.25) is 5.43 Å². The second kappa shape index (κ2) is 7.78. The summed E-state index contributed by atoms with van der Waals surface area (Å²) < 4.78 is 1.61. The van der Waals surface area contributed by atoms with Gasteiger partial charge < -0.3 is 5.32 Å². The Hall–Kier alpha value is -3.21. The number of hydrogen-bond donors (Lipinski definition) is 1. The molecule has 2 aromatic carbocycles. The Morgan fingerprint density at radius 2 is 1.69 bits per heavy atom. The molecule has 3 rings (SSSR count). The first-order valence-corrected chi connectivity index (χ1v) is 8.56. The van der Waals surface area contributed by atoms with Crippen molar-refractivity contribution in [3.63, 3.8) is 0 Å². The molecule has 0 radical (unpaired) electrons. The third-order valence-corrected chi connectivity index (χ3v) is 4.26. The smallest absolute Gasteiger partial charge is 0.275 e. The third-order valence-electron chi connectivity index (χ3n) is 4.26. The zero-order chi connectivity index (χ0) is 18.5. The summed E-state index contributed by atoms with van der Waals surface area (Å²) in [6.07, 6.45) is 0. The Bertz CT molecular complexity index is 950. The molecular weight excluding hydrogens is 326 g/mol. The molecule has 1 heterocycles. The highest BCUT2D eigenvalue weighted by molar-refractivity contribution is 5.92. The van der Waals surface area contributed by atoms with Crippen LogP contribution in [-0.4, -0.2) is 22.2 Å². The minimum atomic E-state index is -0.456. The molecule has 0 spiro atoms. The van der Waals surface area contributed by atoms with Crippen LogP contribution in [0.2, 0.25) is 0 Å². The van der Waals surface area contributed by atoms with Crippen molar-refractivity contribution in [3.8, 4) is 5.69 Å². The second-order valence-electron chi connectivity index (χ2n) is 6.27. The summed E-state index contributed by atoms with van der Waals surface area (Å²) in [5, 5.41) is 7.11. The van der Waals surface area contributed by atoms with E-state index in [4.69, 9.17) is 0 Å². The lowest BCUT2D eigenvalue weighted by Crippen LogP contribution is -2.34. The molecule has 0 saturated heterocycles. The molecule has 1 aromatic heterocycles. The van der Waals surface area contributed by atoms with E-state index in [1.54, 1.807) is 11.6 Å². The van der Waals surface area contributed by atoms with Gasteiger partial charge in [-0.25, -0.2) is 4.68 Å². The molecule has 0 fully saturated rings. The molecule has 132 valence electrons. The number of carbonyl (C=O) groups excluding carboxylic acids is 1. The van der Waals surface area contributed by atoms with Gasteiger partial charge >= 0.3 is 0 Å². The van der Waals surface area contributed by atoms with Crippen LogP contribution in [0.4, 0.5) is 0 Å². The molecule has 0 aliphatic carbocycles. The molecule has 0 saturated carbocycles. The van der Waals surface area contributed by atoms with Gasteiger partial charge in [0.25, 0.3) is 5.91 Å². The first-order valence-electron chi connectivity index (χ1n) is 8.56. The number of aryl methyl sites for hydroxylation is 1. The van der Waals surface area contributed by atoms with Gasteiger partial charge in [-0.05, 0) is 30.5 Å². The number of carbonyl (C=O) groups is 1. The van der Waals surface area contributed by atoms with Crippen molar-refractivity contribution < 1.29 is 4.79 Å². The van der Waals surface area contributed by atoms with E-state index in [9.17, 15) is 9.59 Å². The lowest BCUT2D eigenvalue weighted by atomic mass is 10.0. The Labute approximate surface area is 152 Å². The maximum atomic E-state index is 12.5. The summed E-state index contributed by atoms with van der Waals surface area (Å²) in [6.45, 7) is 4.25. The van der Waals surface area contributed by atoms with Crippen molar-refractivity contribution in [1.82, 2.24) is 15.1 Å². The van der Waals surface area contributed by atoms with Crippen molar-refractivity contribution >= 4 is 5.91 Å². The van der Waals surface area contributed by atoms with Gasteiger partial charge in [-0.15, -0.1) is 0 Å². The summed E-state index contributed by atoms with van der Waals surface area (Å²) >= 11 is 0. The fraction of sp³-hybridized carbons (Fsp3) is 0.190. The zero-order valence-electron chi connectivity index (χ0n) is 14.8. The standard InChI is InChI=1S/C21H21N3O2/c1-15(17-9-5-3-6-10-17)14-22-21(26)20-19(25)13-16(2)24(23-20)18-11-7-4-8-12-18/h3-13,15H,14H2,1-2H3,(H,22,26)/t15-/m0/s1. The van der Waals surface area contributed by atoms with E-state index in [-0.39, 0.29) is 17.0 Å². The van der Waals surface area contributed by atoms with Gasteiger partial charge in [0.1, 0.15) is 0 Å². The quantitative estimate of drug-likeness (QED) is 0.771. The van der Waals surface area contributed by atoms with Crippen molar-refractivity contribution in [3.05, 3.63) is 93.9 Å². The number of rotatable bonds is 5. The topological polar surface area (TPSA) is 64.0 Å². The Kier molecular flexibility index (Phi) is 5.27. The number of hydrogen-bond acceptors (Lipinski definition) is 3. The average molecular weight is 347 g/mol. The number of nitrogens with zero attached hydrogens (tertiary/aromatic N) is 2. The molecular formula is C21H21N3O2. The lowest BCUT2D eigenvalue weighted by molar-refractivity contribution is 0.0943. The largest absolute Gasteiger partial charge is 0.350 e. The highest BCUT2D eigenvalue weighted by atomic mass is 16.2. The zero-order valence-corrected chi connectivity index (χ0v) is 14.8. The number of amides is 1. The van der Waals surface area contributed by atoms with Gasteiger partial charge in [-0.2, -0.15) is 5.10 Å². The average Bonchev–Trinajstić information content (AvgIpc) is 2.67. The molecule has 26 heavy (non-hydrogen) atoms. The third kappa shape index (κ3) is 3.88. The minimum absolute atomic E-state index is 0.0975. The summed E-state index contributed by atoms with van der Waals surface area (Å²) in [7, 11) is 0. The molecule has 0 aliphatic rings. The maximum Gasteiger partial charge on any atom is 0.275 e. The monoisotopic (exact) mass is 347 g/mol. The van der Waals surface area contributed by atoms with Crippen molar-refractivity contribution in [1.29, 1.82) is 0 Å². The molecule has 1 amide bonds. The molecule has 3 aromatic rings. The molecule has 5 heteroatoms. The van der Waals surface area contributed by atoms with Crippen LogP contribution in [0, 0.1) is 6.92 Å². The van der Waals surface area contributed by atoms with E-state index in [2.05, 4.69) is 10.4 Å². The van der Waals surface area contributed by atoms with Gasteiger partial charge in [0, 0.05) is 18.3 Å². The second-order valence-corrected chi connectivity index (χ2v) is 6.27. The van der Waals surface area contributed by atoms with Crippen LogP contribution in [0.5, 0.6) is 0 Å². The van der Waals surface area contributed by atoms with E-state index >= 15 is 0 Å². The van der Waals surface area contributed by atoms with Gasteiger partial charge in [-0.3, -0.25) is 9.59 Å². The van der Waals surface area contributed by atoms with Crippen LogP contribution in [-0.2, 0) is 0 Å². The molecule has 0 unspecified atom stereocenters. The highest BCUT2D eigenvalue weighted by Gasteiger charge is 2.16. The lowest BCUT2D eigenvalue weighted by Gasteiger charge is -2.14. The summed E-state index contributed by atoms with van der Waals surface area (Å²) in [5.41, 5.74) is 2.14. The van der Waals surface area contributed by atoms with E-state index in [0.29, 0.717) is 12.2 Å². The SMILES string of the molecule is Cc1cc(=O)c(C(=O)NC[C@H](C)c2ccccc2)nn1-c1ccccc1. The fourth-order valence-corrected chi connectivity index (χ4v) is 2.76. The van der Waals surface area contributed by atoms with Crippen molar-refractivity contribution in [2.45, 2.75) is 19.8 Å². The molecule has 5 nitrogen and oxygen atoms in total. The van der Waals surface area contributed by atoms with E-state index in [1.165, 1.54) is 6.07 Å². The first-order chi connectivity index (χ1) is 12.6. The van der Waals surface area contributed by atoms with Crippen LogP contribution >= 0.6 is 0 Å². The predicted molar refractivity (Wildman–Crippen MR) is 102 cm³/mol. The van der Waals surface area contributed by atoms with Crippen molar-refractivity contribution in [2.75, 3.05) is 6.54 Å². The summed E-state index contributed by atoms with van der Waals surface area (Å²) in [4.78, 5) is 24.8. The minimum Gasteiger partial charge on any atom is -0.350 e. The number of para-hydroxylation sites is 1. The molecule has 0 aliphatic heterocycles.